The fraction of sp³-hybridized carbons (Fsp3) is 0.455. The second-order valence-electron chi connectivity index (χ2n) is 10.5. The molecule has 1 saturated heterocycles. The largest absolute Gasteiger partial charge is 0.508 e. The molecule has 0 aliphatic carbocycles. The zero-order chi connectivity index (χ0) is 28.3. The van der Waals surface area contributed by atoms with E-state index in [4.69, 9.17) is 23.7 Å². The Hall–Kier alpha value is -3.46. The molecule has 5 rings (SSSR count). The Labute approximate surface area is 243 Å². The lowest BCUT2D eigenvalue weighted by Gasteiger charge is -2.33. The van der Waals surface area contributed by atoms with Gasteiger partial charge >= 0.3 is 0 Å². The minimum Gasteiger partial charge on any atom is -0.508 e. The van der Waals surface area contributed by atoms with Crippen molar-refractivity contribution in [2.75, 3.05) is 64.6 Å². The van der Waals surface area contributed by atoms with Gasteiger partial charge in [-0.05, 0) is 66.9 Å². The molecule has 3 aromatic rings. The molecule has 2 N–H and O–H groups in total. The summed E-state index contributed by atoms with van der Waals surface area (Å²) < 4.78 is 29.3. The summed E-state index contributed by atoms with van der Waals surface area (Å²) in [6.07, 6.45) is 2.87. The maximum Gasteiger partial charge on any atom is 0.142 e. The van der Waals surface area contributed by atoms with Crippen molar-refractivity contribution in [3.8, 4) is 23.0 Å². The molecule has 0 radical (unpaired) electrons. The molecule has 2 aliphatic rings. The summed E-state index contributed by atoms with van der Waals surface area (Å²) in [5.74, 6) is 2.99. The molecule has 2 aliphatic heterocycles. The molecule has 41 heavy (non-hydrogen) atoms. The number of methoxy groups -OCH3 is 1. The van der Waals surface area contributed by atoms with Crippen LogP contribution < -0.4 is 24.4 Å². The van der Waals surface area contributed by atoms with Gasteiger partial charge in [-0.1, -0.05) is 24.3 Å². The molecule has 220 valence electrons. The van der Waals surface area contributed by atoms with E-state index in [9.17, 15) is 5.11 Å². The van der Waals surface area contributed by atoms with Gasteiger partial charge in [-0.2, -0.15) is 0 Å². The van der Waals surface area contributed by atoms with Crippen LogP contribution in [0.4, 0.5) is 5.69 Å². The highest BCUT2D eigenvalue weighted by Gasteiger charge is 2.27. The molecule has 3 aromatic carbocycles. The molecule has 2 heterocycles. The van der Waals surface area contributed by atoms with Crippen molar-refractivity contribution in [1.82, 2.24) is 5.32 Å². The number of aromatic hydroxyl groups is 1. The van der Waals surface area contributed by atoms with E-state index in [1.54, 1.807) is 25.3 Å². The lowest BCUT2D eigenvalue weighted by atomic mass is 9.87. The molecule has 8 nitrogen and oxygen atoms in total. The van der Waals surface area contributed by atoms with Gasteiger partial charge < -0.3 is 39.0 Å². The van der Waals surface area contributed by atoms with Crippen LogP contribution in [0.2, 0.25) is 0 Å². The summed E-state index contributed by atoms with van der Waals surface area (Å²) in [7, 11) is 1.75. The van der Waals surface area contributed by atoms with E-state index in [0.29, 0.717) is 38.1 Å². The van der Waals surface area contributed by atoms with Crippen LogP contribution in [-0.2, 0) is 16.1 Å². The van der Waals surface area contributed by atoms with Crippen molar-refractivity contribution in [3.05, 3.63) is 77.9 Å². The Kier molecular flexibility index (Phi) is 10.6. The van der Waals surface area contributed by atoms with Crippen molar-refractivity contribution in [3.63, 3.8) is 0 Å². The number of piperidine rings is 1. The van der Waals surface area contributed by atoms with E-state index in [1.165, 1.54) is 5.56 Å². The van der Waals surface area contributed by atoms with Gasteiger partial charge in [-0.15, -0.1) is 0 Å². The quantitative estimate of drug-likeness (QED) is 0.262. The van der Waals surface area contributed by atoms with Gasteiger partial charge in [0.1, 0.15) is 29.6 Å². The van der Waals surface area contributed by atoms with E-state index in [0.717, 1.165) is 74.8 Å². The molecule has 0 aromatic heterocycles. The molecule has 0 spiro atoms. The van der Waals surface area contributed by atoms with Crippen molar-refractivity contribution in [1.29, 1.82) is 0 Å². The Bertz CT molecular complexity index is 1220. The van der Waals surface area contributed by atoms with Crippen molar-refractivity contribution < 1.29 is 28.8 Å². The van der Waals surface area contributed by atoms with Gasteiger partial charge in [0, 0.05) is 45.2 Å². The lowest BCUT2D eigenvalue weighted by Crippen LogP contribution is -2.41. The number of hydrogen-bond acceptors (Lipinski definition) is 8. The Balaban J connectivity index is 1.11. The highest BCUT2D eigenvalue weighted by Crippen LogP contribution is 2.34. The molecule has 0 bridgehead atoms. The van der Waals surface area contributed by atoms with Crippen LogP contribution >= 0.6 is 0 Å². The van der Waals surface area contributed by atoms with Gasteiger partial charge in [-0.3, -0.25) is 0 Å². The second-order valence-corrected chi connectivity index (χ2v) is 10.5. The van der Waals surface area contributed by atoms with Crippen LogP contribution in [0.15, 0.2) is 66.7 Å². The first kappa shape index (κ1) is 29.0. The van der Waals surface area contributed by atoms with E-state index in [-0.39, 0.29) is 11.9 Å². The van der Waals surface area contributed by atoms with Crippen LogP contribution in [0.5, 0.6) is 23.0 Å². The zero-order valence-electron chi connectivity index (χ0n) is 23.9. The average Bonchev–Trinajstić information content (AvgIpc) is 3.01. The monoisotopic (exact) mass is 562 g/mol. The predicted molar refractivity (Wildman–Crippen MR) is 160 cm³/mol. The van der Waals surface area contributed by atoms with Crippen molar-refractivity contribution >= 4 is 5.69 Å². The van der Waals surface area contributed by atoms with Gasteiger partial charge in [-0.25, -0.2) is 0 Å². The van der Waals surface area contributed by atoms with Crippen LogP contribution in [0.25, 0.3) is 0 Å². The molecule has 0 amide bonds. The summed E-state index contributed by atoms with van der Waals surface area (Å²) >= 11 is 0. The minimum atomic E-state index is 0.0928. The number of nitrogens with one attached hydrogen (secondary N) is 1. The number of rotatable bonds is 14. The molecule has 2 unspecified atom stereocenters. The molecular weight excluding hydrogens is 520 g/mol. The van der Waals surface area contributed by atoms with Gasteiger partial charge in [0.05, 0.1) is 38.2 Å². The van der Waals surface area contributed by atoms with Crippen molar-refractivity contribution in [2.24, 2.45) is 0 Å². The lowest BCUT2D eigenvalue weighted by molar-refractivity contribution is 0.0106. The van der Waals surface area contributed by atoms with E-state index in [1.807, 2.05) is 18.2 Å². The first-order valence-electron chi connectivity index (χ1n) is 14.7. The standard InChI is InChI=1S/C33H42N2O6/c1-37-17-3-15-35-16-20-40-32-12-7-25(21-31(32)35)24-41-33-23-34-14-13-30(33)26-8-10-28(11-9-26)38-18-4-19-39-29-6-2-5-27(36)22-29/h2,5-12,21-22,30,33-34,36H,3-4,13-20,23-24H2,1H3. The van der Waals surface area contributed by atoms with Crippen LogP contribution in [0.1, 0.15) is 36.3 Å². The van der Waals surface area contributed by atoms with Crippen molar-refractivity contribution in [2.45, 2.75) is 37.9 Å². The number of ether oxygens (including phenoxy) is 5. The number of phenols is 1. The number of phenolic OH excluding ortho intramolecular Hbond substituents is 1. The third-order valence-corrected chi connectivity index (χ3v) is 7.60. The third-order valence-electron chi connectivity index (χ3n) is 7.60. The average molecular weight is 563 g/mol. The number of benzene rings is 3. The predicted octanol–water partition coefficient (Wildman–Crippen LogP) is 5.14. The topological polar surface area (TPSA) is 81.7 Å². The van der Waals surface area contributed by atoms with Crippen LogP contribution in [0, 0.1) is 0 Å². The molecule has 2 atom stereocenters. The van der Waals surface area contributed by atoms with E-state index in [2.05, 4.69) is 40.5 Å². The fourth-order valence-electron chi connectivity index (χ4n) is 5.45. The number of fused-ring (bicyclic) bond motifs is 1. The SMILES string of the molecule is COCCCN1CCOc2ccc(COC3CNCCC3c3ccc(OCCCOc4cccc(O)c4)cc3)cc21. The maximum absolute atomic E-state index is 9.53. The summed E-state index contributed by atoms with van der Waals surface area (Å²) in [5.41, 5.74) is 3.58. The van der Waals surface area contributed by atoms with Crippen LogP contribution in [-0.4, -0.2) is 70.9 Å². The van der Waals surface area contributed by atoms with Crippen LogP contribution in [0.3, 0.4) is 0 Å². The number of hydrogen-bond donors (Lipinski definition) is 2. The fourth-order valence-corrected chi connectivity index (χ4v) is 5.45. The number of anilines is 1. The van der Waals surface area contributed by atoms with E-state index < -0.39 is 0 Å². The zero-order valence-corrected chi connectivity index (χ0v) is 23.9. The molecular formula is C33H42N2O6. The smallest absolute Gasteiger partial charge is 0.142 e. The Morgan fingerprint density at radius 2 is 1.80 bits per heavy atom. The van der Waals surface area contributed by atoms with Gasteiger partial charge in [0.15, 0.2) is 0 Å². The first-order chi connectivity index (χ1) is 20.2. The first-order valence-corrected chi connectivity index (χ1v) is 14.7. The maximum atomic E-state index is 9.53. The summed E-state index contributed by atoms with van der Waals surface area (Å²) in [5, 5.41) is 13.0. The second kappa shape index (κ2) is 15.0. The molecule has 8 heteroatoms. The minimum absolute atomic E-state index is 0.0928. The normalized spacial score (nSPS) is 18.4. The highest BCUT2D eigenvalue weighted by molar-refractivity contribution is 5.61. The summed E-state index contributed by atoms with van der Waals surface area (Å²) in [4.78, 5) is 2.39. The Morgan fingerprint density at radius 3 is 2.63 bits per heavy atom. The Morgan fingerprint density at radius 1 is 0.951 bits per heavy atom. The van der Waals surface area contributed by atoms with Gasteiger partial charge in [0.2, 0.25) is 0 Å². The summed E-state index contributed by atoms with van der Waals surface area (Å²) in [6, 6.07) is 21.7. The third kappa shape index (κ3) is 8.28. The highest BCUT2D eigenvalue weighted by atomic mass is 16.5. The van der Waals surface area contributed by atoms with E-state index >= 15 is 0 Å². The van der Waals surface area contributed by atoms with Gasteiger partial charge in [0.25, 0.3) is 0 Å². The summed E-state index contributed by atoms with van der Waals surface area (Å²) in [6.45, 7) is 6.78. The number of nitrogens with zero attached hydrogens (tertiary/aromatic N) is 1. The molecule has 0 saturated carbocycles. The molecule has 1 fully saturated rings.